The topological polar surface area (TPSA) is 83.1 Å². The molecule has 0 fully saturated rings. The van der Waals surface area contributed by atoms with Gasteiger partial charge in [0.25, 0.3) is 0 Å². The molecule has 0 aromatic rings. The Morgan fingerprint density at radius 1 is 0.372 bits per heavy atom. The predicted octanol–water partition coefficient (Wildman–Crippen LogP) is 7.26. The molecule has 0 aliphatic carbocycles. The molecule has 1 unspecified atom stereocenters. The van der Waals surface area contributed by atoms with Gasteiger partial charge in [0.05, 0.1) is 5.73 Å². The van der Waals surface area contributed by atoms with Crippen molar-refractivity contribution in [2.24, 2.45) is 0 Å². The van der Waals surface area contributed by atoms with E-state index in [-0.39, 0.29) is 0 Å². The van der Waals surface area contributed by atoms with Crippen molar-refractivity contribution < 1.29 is 38.0 Å². The maximum absolute atomic E-state index is 7.16. The number of hydrogen-bond acceptors (Lipinski definition) is 9. The highest BCUT2D eigenvalue weighted by molar-refractivity contribution is 6.87. The van der Waals surface area contributed by atoms with Crippen LogP contribution in [0.2, 0.25) is 137 Å². The Hall–Kier alpha value is 1.81. The van der Waals surface area contributed by atoms with Gasteiger partial charge in [0.2, 0.25) is 0 Å². The lowest BCUT2D eigenvalue weighted by atomic mass is 10.4. The molecule has 19 heteroatoms. The molecule has 260 valence electrons. The van der Waals surface area contributed by atoms with E-state index in [2.05, 4.69) is 118 Å². The van der Waals surface area contributed by atoms with Crippen molar-refractivity contribution in [2.75, 3.05) is 0 Å². The van der Waals surface area contributed by atoms with E-state index in [1.54, 1.807) is 0 Å². The van der Waals surface area contributed by atoms with Crippen LogP contribution < -0.4 is 0 Å². The third-order valence-electron chi connectivity index (χ3n) is 4.85. The molecule has 0 bridgehead atoms. The molecule has 0 spiro atoms. The minimum Gasteiger partial charge on any atom is -0.417 e. The molecule has 0 amide bonds. The third-order valence-corrected chi connectivity index (χ3v) is 32.5. The van der Waals surface area contributed by atoms with Crippen LogP contribution in [0, 0.1) is 0 Å². The molecule has 0 radical (unpaired) electrons. The molecule has 0 N–H and O–H groups in total. The zero-order valence-electron chi connectivity index (χ0n) is 32.3. The van der Waals surface area contributed by atoms with Gasteiger partial charge in [-0.15, -0.1) is 0 Å². The SMILES string of the molecule is CC(O[Si](C)(O[Si](C)(C)C)O[Si](C)(C)C)(O[Si](C)(O[Si](C)(C)C)O[Si](C)(C)C)C([SiH3])O[Si](C)(O[Si](C)(C)C)O[Si](C)(C)C. The summed E-state index contributed by atoms with van der Waals surface area (Å²) < 4.78 is 62.1. The van der Waals surface area contributed by atoms with Crippen LogP contribution in [-0.2, 0) is 38.0 Å². The van der Waals surface area contributed by atoms with Crippen LogP contribution in [-0.4, -0.2) is 98.1 Å². The molecule has 0 aromatic heterocycles. The lowest BCUT2D eigenvalue weighted by Crippen LogP contribution is -2.68. The molecule has 1 atom stereocenters. The summed E-state index contributed by atoms with van der Waals surface area (Å²) in [6.45, 7) is 47.0. The predicted molar refractivity (Wildman–Crippen MR) is 207 cm³/mol. The molecule has 43 heavy (non-hydrogen) atoms. The first kappa shape index (κ1) is 44.8. The molecule has 0 aliphatic rings. The summed E-state index contributed by atoms with van der Waals surface area (Å²) in [5.41, 5.74) is -0.485. The third kappa shape index (κ3) is 20.7. The van der Waals surface area contributed by atoms with Gasteiger partial charge in [-0.2, -0.15) is 0 Å². The minimum atomic E-state index is -3.28. The van der Waals surface area contributed by atoms with E-state index in [4.69, 9.17) is 38.0 Å². The number of rotatable bonds is 19. The van der Waals surface area contributed by atoms with E-state index in [1.165, 1.54) is 0 Å². The van der Waals surface area contributed by atoms with Crippen molar-refractivity contribution in [3.05, 3.63) is 0 Å². The highest BCUT2D eigenvalue weighted by atomic mass is 28.5. The van der Waals surface area contributed by atoms with Crippen LogP contribution in [0.15, 0.2) is 0 Å². The fourth-order valence-corrected chi connectivity index (χ4v) is 39.1. The highest BCUT2D eigenvalue weighted by Gasteiger charge is 2.57. The lowest BCUT2D eigenvalue weighted by molar-refractivity contribution is -0.189. The maximum Gasteiger partial charge on any atom is 0.478 e. The molecular formula is C24H70O9Si10. The van der Waals surface area contributed by atoms with Crippen molar-refractivity contribution in [3.8, 4) is 0 Å². The Labute approximate surface area is 279 Å². The second-order valence-corrected chi connectivity index (χ2v) is 55.0. The molecule has 0 aliphatic heterocycles. The summed E-state index contributed by atoms with van der Waals surface area (Å²) in [5.74, 6) is -1.29. The molecule has 0 saturated carbocycles. The van der Waals surface area contributed by atoms with Gasteiger partial charge in [-0.1, -0.05) is 0 Å². The van der Waals surface area contributed by atoms with Crippen LogP contribution in [0.1, 0.15) is 6.92 Å². The lowest BCUT2D eigenvalue weighted by Gasteiger charge is -2.50. The Bertz CT molecular complexity index is 793. The van der Waals surface area contributed by atoms with Crippen LogP contribution >= 0.6 is 0 Å². The van der Waals surface area contributed by atoms with E-state index in [1.807, 2.05) is 26.6 Å². The average Bonchev–Trinajstić information content (AvgIpc) is 2.48. The normalized spacial score (nSPS) is 16.6. The molecule has 0 rings (SSSR count). The van der Waals surface area contributed by atoms with Crippen LogP contribution in [0.4, 0.5) is 0 Å². The number of hydrogen-bond donors (Lipinski definition) is 0. The molecule has 0 saturated heterocycles. The summed E-state index contributed by atoms with van der Waals surface area (Å²) in [7, 11) is -21.5. The summed E-state index contributed by atoms with van der Waals surface area (Å²) in [4.78, 5) is 0. The Morgan fingerprint density at radius 3 is 0.744 bits per heavy atom. The fourth-order valence-electron chi connectivity index (χ4n) is 4.88. The van der Waals surface area contributed by atoms with Gasteiger partial charge < -0.3 is 38.0 Å². The Kier molecular flexibility index (Phi) is 15.4. The van der Waals surface area contributed by atoms with E-state index in [9.17, 15) is 0 Å². The maximum atomic E-state index is 7.16. The quantitative estimate of drug-likeness (QED) is 0.0994. The summed E-state index contributed by atoms with van der Waals surface area (Å²) in [5, 5.41) is 0. The standard InChI is InChI=1S/C24H70O9Si10/c1-24(26-42(21,30-37(8,9)10)31-38(11,12)13,27-43(22,32-39(14,15)16)33-40(17,18)19)23(34)25-41(20,28-35(2,3)4)29-36(5,6)7/h23H,1-22,34H3. The smallest absolute Gasteiger partial charge is 0.417 e. The summed E-state index contributed by atoms with van der Waals surface area (Å²) >= 11 is 0. The van der Waals surface area contributed by atoms with E-state index in [0.29, 0.717) is 10.2 Å². The van der Waals surface area contributed by atoms with Gasteiger partial charge in [-0.25, -0.2) is 0 Å². The zero-order valence-corrected chi connectivity index (χ0v) is 43.3. The molecule has 0 heterocycles. The van der Waals surface area contributed by atoms with Crippen molar-refractivity contribution in [1.82, 2.24) is 0 Å². The van der Waals surface area contributed by atoms with E-state index in [0.717, 1.165) is 0 Å². The highest BCUT2D eigenvalue weighted by Crippen LogP contribution is 2.36. The van der Waals surface area contributed by atoms with Gasteiger partial charge >= 0.3 is 26.4 Å². The van der Waals surface area contributed by atoms with Crippen molar-refractivity contribution in [2.45, 2.75) is 156 Å². The first-order valence-corrected chi connectivity index (χ1v) is 43.9. The summed E-state index contributed by atoms with van der Waals surface area (Å²) in [6, 6.07) is 0. The molecule has 9 nitrogen and oxygen atoms in total. The second-order valence-electron chi connectivity index (χ2n) is 17.9. The molecule has 0 aromatic carbocycles. The largest absolute Gasteiger partial charge is 0.478 e. The zero-order chi connectivity index (χ0) is 34.9. The van der Waals surface area contributed by atoms with Gasteiger partial charge in [-0.05, 0) is 125 Å². The van der Waals surface area contributed by atoms with Crippen molar-refractivity contribution in [1.29, 1.82) is 0 Å². The van der Waals surface area contributed by atoms with Gasteiger partial charge in [-0.3, -0.25) is 0 Å². The average molecular weight is 784 g/mol. The van der Waals surface area contributed by atoms with Crippen molar-refractivity contribution >= 4 is 86.6 Å². The monoisotopic (exact) mass is 782 g/mol. The van der Waals surface area contributed by atoms with E-state index >= 15 is 0 Å². The van der Waals surface area contributed by atoms with Crippen LogP contribution in [0.5, 0.6) is 0 Å². The molecular weight excluding hydrogens is 713 g/mol. The fraction of sp³-hybridized carbons (Fsp3) is 1.00. The second kappa shape index (κ2) is 14.7. The van der Waals surface area contributed by atoms with Gasteiger partial charge in [0.1, 0.15) is 0 Å². The van der Waals surface area contributed by atoms with Gasteiger partial charge in [0.15, 0.2) is 55.7 Å². The van der Waals surface area contributed by atoms with Crippen LogP contribution in [0.25, 0.3) is 0 Å². The first-order valence-electron chi connectivity index (χ1n) is 15.6. The Morgan fingerprint density at radius 2 is 0.558 bits per heavy atom. The summed E-state index contributed by atoms with van der Waals surface area (Å²) in [6.07, 6.45) is 0. The van der Waals surface area contributed by atoms with Gasteiger partial charge in [0, 0.05) is 29.9 Å². The Balaban J connectivity index is 7.25. The first-order chi connectivity index (χ1) is 18.3. The van der Waals surface area contributed by atoms with Crippen molar-refractivity contribution in [3.63, 3.8) is 0 Å². The van der Waals surface area contributed by atoms with Crippen LogP contribution in [0.3, 0.4) is 0 Å². The minimum absolute atomic E-state index is 0.485. The van der Waals surface area contributed by atoms with E-state index < -0.39 is 87.8 Å².